The van der Waals surface area contributed by atoms with Crippen molar-refractivity contribution in [2.24, 2.45) is 11.8 Å². The van der Waals surface area contributed by atoms with E-state index in [2.05, 4.69) is 13.8 Å². The Morgan fingerprint density at radius 1 is 0.600 bits per heavy atom. The fourth-order valence-electron chi connectivity index (χ4n) is 4.31. The minimum absolute atomic E-state index is 0.211. The van der Waals surface area contributed by atoms with Crippen molar-refractivity contribution in [2.75, 3.05) is 36.2 Å². The lowest BCUT2D eigenvalue weighted by Gasteiger charge is -2.25. The average Bonchev–Trinajstić information content (AvgIpc) is 2.98. The van der Waals surface area contributed by atoms with E-state index in [1.54, 1.807) is 24.3 Å². The van der Waals surface area contributed by atoms with Gasteiger partial charge in [0, 0.05) is 11.5 Å². The lowest BCUT2D eigenvalue weighted by Crippen LogP contribution is -2.30. The molecule has 6 nitrogen and oxygen atoms in total. The highest BCUT2D eigenvalue weighted by Crippen LogP contribution is 2.32. The zero-order chi connectivity index (χ0) is 28.4. The summed E-state index contributed by atoms with van der Waals surface area (Å²) in [5.41, 5.74) is 0. The van der Waals surface area contributed by atoms with Gasteiger partial charge in [-0.25, -0.2) is 0 Å². The van der Waals surface area contributed by atoms with Crippen LogP contribution >= 0.6 is 23.5 Å². The topological polar surface area (TPSA) is 71.1 Å². The third-order valence-corrected chi connectivity index (χ3v) is 8.82. The molecule has 0 heterocycles. The van der Waals surface area contributed by atoms with Crippen LogP contribution in [-0.2, 0) is 9.59 Å². The number of thioether (sulfide) groups is 2. The molecule has 0 unspecified atom stereocenters. The molecule has 220 valence electrons. The summed E-state index contributed by atoms with van der Waals surface area (Å²) in [5.74, 6) is 5.92. The summed E-state index contributed by atoms with van der Waals surface area (Å²) in [7, 11) is 0. The minimum Gasteiger partial charge on any atom is -0.493 e. The van der Waals surface area contributed by atoms with E-state index in [1.807, 2.05) is 47.8 Å². The van der Waals surface area contributed by atoms with Crippen LogP contribution in [0.4, 0.5) is 0 Å². The van der Waals surface area contributed by atoms with Gasteiger partial charge in [-0.2, -0.15) is 23.5 Å². The normalized spacial score (nSPS) is 16.8. The summed E-state index contributed by atoms with van der Waals surface area (Å²) < 4.78 is 22.7. The Bertz CT molecular complexity index is 906. The fraction of sp³-hybridized carbons (Fsp3) is 0.562. The van der Waals surface area contributed by atoms with Crippen molar-refractivity contribution >= 4 is 35.5 Å². The molecule has 0 N–H and O–H groups in total. The number of esters is 2. The van der Waals surface area contributed by atoms with Crippen LogP contribution < -0.4 is 18.9 Å². The maximum absolute atomic E-state index is 12.7. The molecule has 1 saturated carbocycles. The molecule has 8 heteroatoms. The van der Waals surface area contributed by atoms with Crippen molar-refractivity contribution in [3.05, 3.63) is 48.5 Å². The SMILES string of the molecule is CCCCSCCOc1ccc(OC(=O)[C@H]2CC[C@H](C(=O)Oc3ccc(OCCSCCCC)cc3)CC2)cc1. The lowest BCUT2D eigenvalue weighted by atomic mass is 9.82. The molecule has 1 aliphatic rings. The van der Waals surface area contributed by atoms with Gasteiger partial charge in [0.05, 0.1) is 25.0 Å². The van der Waals surface area contributed by atoms with Crippen LogP contribution in [0.25, 0.3) is 0 Å². The quantitative estimate of drug-likeness (QED) is 0.0991. The van der Waals surface area contributed by atoms with E-state index in [9.17, 15) is 9.59 Å². The van der Waals surface area contributed by atoms with Crippen molar-refractivity contribution in [1.82, 2.24) is 0 Å². The number of benzene rings is 2. The molecule has 3 rings (SSSR count). The molecular weight excluding hydrogens is 544 g/mol. The molecule has 2 aromatic rings. The fourth-order valence-corrected chi connectivity index (χ4v) is 6.10. The standard InChI is InChI=1S/C32H44O6S2/c1-3-5-21-39-23-19-35-27-11-15-29(16-12-27)37-31(33)25-7-9-26(10-8-25)32(34)38-30-17-13-28(14-18-30)36-20-24-40-22-6-4-2/h11-18,25-26H,3-10,19-24H2,1-2H3/t25-,26-. The summed E-state index contributed by atoms with van der Waals surface area (Å²) in [6.45, 7) is 5.72. The minimum atomic E-state index is -0.243. The molecular formula is C32H44O6S2. The van der Waals surface area contributed by atoms with Crippen molar-refractivity contribution in [2.45, 2.75) is 65.2 Å². The van der Waals surface area contributed by atoms with E-state index in [-0.39, 0.29) is 23.8 Å². The first kappa shape index (κ1) is 32.2. The van der Waals surface area contributed by atoms with Gasteiger partial charge < -0.3 is 18.9 Å². The molecule has 0 radical (unpaired) electrons. The maximum atomic E-state index is 12.7. The first-order chi connectivity index (χ1) is 19.6. The Kier molecular flexibility index (Phi) is 15.2. The van der Waals surface area contributed by atoms with E-state index in [1.165, 1.54) is 37.2 Å². The molecule has 40 heavy (non-hydrogen) atoms. The molecule has 0 atom stereocenters. The molecule has 2 aromatic carbocycles. The van der Waals surface area contributed by atoms with Crippen molar-refractivity contribution in [1.29, 1.82) is 0 Å². The summed E-state index contributed by atoms with van der Waals surface area (Å²) >= 11 is 3.81. The van der Waals surface area contributed by atoms with Gasteiger partial charge in [0.15, 0.2) is 0 Å². The van der Waals surface area contributed by atoms with E-state index in [0.29, 0.717) is 50.4 Å². The number of ether oxygens (including phenoxy) is 4. The summed E-state index contributed by atoms with van der Waals surface area (Å²) in [6, 6.07) is 14.4. The number of hydrogen-bond acceptors (Lipinski definition) is 8. The van der Waals surface area contributed by atoms with Crippen LogP contribution in [0.5, 0.6) is 23.0 Å². The predicted molar refractivity (Wildman–Crippen MR) is 165 cm³/mol. The second-order valence-corrected chi connectivity index (χ2v) is 12.4. The Balaban J connectivity index is 1.32. The Hall–Kier alpha value is -2.32. The maximum Gasteiger partial charge on any atom is 0.314 e. The third-order valence-electron chi connectivity index (χ3n) is 6.76. The van der Waals surface area contributed by atoms with Crippen LogP contribution in [0, 0.1) is 11.8 Å². The van der Waals surface area contributed by atoms with Crippen LogP contribution in [0.3, 0.4) is 0 Å². The zero-order valence-electron chi connectivity index (χ0n) is 23.9. The lowest BCUT2D eigenvalue weighted by molar-refractivity contribution is -0.145. The summed E-state index contributed by atoms with van der Waals surface area (Å²) in [4.78, 5) is 25.4. The molecule has 1 fully saturated rings. The first-order valence-corrected chi connectivity index (χ1v) is 16.9. The molecule has 0 bridgehead atoms. The van der Waals surface area contributed by atoms with Crippen molar-refractivity contribution in [3.8, 4) is 23.0 Å². The highest BCUT2D eigenvalue weighted by Gasteiger charge is 2.32. The van der Waals surface area contributed by atoms with Gasteiger partial charge in [-0.15, -0.1) is 0 Å². The number of hydrogen-bond donors (Lipinski definition) is 0. The summed E-state index contributed by atoms with van der Waals surface area (Å²) in [6.07, 6.45) is 7.34. The predicted octanol–water partition coefficient (Wildman–Crippen LogP) is 7.83. The Morgan fingerprint density at radius 3 is 1.30 bits per heavy atom. The molecule has 0 spiro atoms. The number of rotatable bonds is 18. The molecule has 0 amide bonds. The van der Waals surface area contributed by atoms with Crippen LogP contribution in [0.2, 0.25) is 0 Å². The van der Waals surface area contributed by atoms with Gasteiger partial charge in [-0.05, 0) is 98.6 Å². The third kappa shape index (κ3) is 12.0. The van der Waals surface area contributed by atoms with Crippen LogP contribution in [-0.4, -0.2) is 48.2 Å². The van der Waals surface area contributed by atoms with Crippen LogP contribution in [0.1, 0.15) is 65.2 Å². The summed E-state index contributed by atoms with van der Waals surface area (Å²) in [5, 5.41) is 0. The van der Waals surface area contributed by atoms with Gasteiger partial charge in [-0.1, -0.05) is 26.7 Å². The largest absolute Gasteiger partial charge is 0.493 e. The van der Waals surface area contributed by atoms with Gasteiger partial charge in [0.25, 0.3) is 0 Å². The number of carbonyl (C=O) groups excluding carboxylic acids is 2. The second kappa shape index (κ2) is 18.9. The zero-order valence-corrected chi connectivity index (χ0v) is 25.6. The molecule has 0 saturated heterocycles. The molecule has 0 aromatic heterocycles. The first-order valence-electron chi connectivity index (χ1n) is 14.6. The van der Waals surface area contributed by atoms with Crippen molar-refractivity contribution in [3.63, 3.8) is 0 Å². The molecule has 0 aliphatic heterocycles. The Morgan fingerprint density at radius 2 is 0.950 bits per heavy atom. The van der Waals surface area contributed by atoms with Crippen molar-refractivity contribution < 1.29 is 28.5 Å². The smallest absolute Gasteiger partial charge is 0.314 e. The average molecular weight is 589 g/mol. The van der Waals surface area contributed by atoms with Crippen LogP contribution in [0.15, 0.2) is 48.5 Å². The number of unbranched alkanes of at least 4 members (excludes halogenated alkanes) is 2. The van der Waals surface area contributed by atoms with E-state index in [0.717, 1.165) is 23.0 Å². The molecule has 1 aliphatic carbocycles. The van der Waals surface area contributed by atoms with E-state index < -0.39 is 0 Å². The van der Waals surface area contributed by atoms with Gasteiger partial charge in [0.2, 0.25) is 0 Å². The van der Waals surface area contributed by atoms with E-state index >= 15 is 0 Å². The Labute approximate surface area is 248 Å². The highest BCUT2D eigenvalue weighted by atomic mass is 32.2. The highest BCUT2D eigenvalue weighted by molar-refractivity contribution is 7.99. The number of carbonyl (C=O) groups is 2. The van der Waals surface area contributed by atoms with Gasteiger partial charge >= 0.3 is 11.9 Å². The monoisotopic (exact) mass is 588 g/mol. The van der Waals surface area contributed by atoms with E-state index in [4.69, 9.17) is 18.9 Å². The second-order valence-electron chi connectivity index (χ2n) is 9.96. The van der Waals surface area contributed by atoms with Gasteiger partial charge in [0.1, 0.15) is 23.0 Å². The van der Waals surface area contributed by atoms with Gasteiger partial charge in [-0.3, -0.25) is 9.59 Å².